The van der Waals surface area contributed by atoms with E-state index in [1.807, 2.05) is 11.3 Å². The van der Waals surface area contributed by atoms with Gasteiger partial charge in [0, 0.05) is 15.0 Å². The van der Waals surface area contributed by atoms with Gasteiger partial charge in [-0.1, -0.05) is 74.0 Å². The van der Waals surface area contributed by atoms with Crippen molar-refractivity contribution in [2.75, 3.05) is 0 Å². The van der Waals surface area contributed by atoms with Crippen LogP contribution in [0.5, 0.6) is 0 Å². The standard InChI is InChI=1S/C24H22S/c1-3-10-20-21(18-11-6-4-7-12-18)16-22(19-13-8-5-9-14-19)23-15-17(2)25-24(20)23/h4-9,11-16H,3,10H2,1-2H3. The van der Waals surface area contributed by atoms with Crippen LogP contribution in [0, 0.1) is 6.92 Å². The molecule has 0 unspecified atom stereocenters. The lowest BCUT2D eigenvalue weighted by Crippen LogP contribution is -1.92. The van der Waals surface area contributed by atoms with Crippen molar-refractivity contribution < 1.29 is 0 Å². The Morgan fingerprint density at radius 1 is 0.760 bits per heavy atom. The molecule has 0 saturated heterocycles. The summed E-state index contributed by atoms with van der Waals surface area (Å²) < 4.78 is 1.46. The van der Waals surface area contributed by atoms with E-state index < -0.39 is 0 Å². The molecule has 0 atom stereocenters. The summed E-state index contributed by atoms with van der Waals surface area (Å²) in [5, 5.41) is 1.40. The monoisotopic (exact) mass is 342 g/mol. The molecule has 0 saturated carbocycles. The third-order valence-electron chi connectivity index (χ3n) is 4.70. The van der Waals surface area contributed by atoms with Crippen molar-refractivity contribution in [3.05, 3.63) is 83.2 Å². The highest BCUT2D eigenvalue weighted by Crippen LogP contribution is 2.42. The first-order valence-corrected chi connectivity index (χ1v) is 9.76. The molecule has 0 N–H and O–H groups in total. The molecule has 0 bridgehead atoms. The predicted octanol–water partition coefficient (Wildman–Crippen LogP) is 7.50. The Morgan fingerprint density at radius 2 is 1.36 bits per heavy atom. The largest absolute Gasteiger partial charge is 0.140 e. The highest BCUT2D eigenvalue weighted by Gasteiger charge is 2.16. The number of benzene rings is 3. The summed E-state index contributed by atoms with van der Waals surface area (Å²) >= 11 is 1.94. The molecule has 0 aliphatic heterocycles. The van der Waals surface area contributed by atoms with Gasteiger partial charge in [0.05, 0.1) is 0 Å². The maximum absolute atomic E-state index is 2.41. The minimum atomic E-state index is 1.12. The van der Waals surface area contributed by atoms with Gasteiger partial charge in [-0.2, -0.15) is 0 Å². The van der Waals surface area contributed by atoms with Crippen molar-refractivity contribution in [1.82, 2.24) is 0 Å². The Hall–Kier alpha value is -2.38. The molecule has 4 rings (SSSR count). The van der Waals surface area contributed by atoms with E-state index >= 15 is 0 Å². The van der Waals surface area contributed by atoms with Gasteiger partial charge in [0.1, 0.15) is 0 Å². The second kappa shape index (κ2) is 6.85. The van der Waals surface area contributed by atoms with E-state index in [4.69, 9.17) is 0 Å². The van der Waals surface area contributed by atoms with Gasteiger partial charge >= 0.3 is 0 Å². The van der Waals surface area contributed by atoms with Crippen molar-refractivity contribution in [2.45, 2.75) is 26.7 Å². The van der Waals surface area contributed by atoms with E-state index in [-0.39, 0.29) is 0 Å². The molecule has 1 heteroatoms. The van der Waals surface area contributed by atoms with Gasteiger partial charge in [0.15, 0.2) is 0 Å². The van der Waals surface area contributed by atoms with Gasteiger partial charge in [0.25, 0.3) is 0 Å². The van der Waals surface area contributed by atoms with Crippen LogP contribution in [0.4, 0.5) is 0 Å². The van der Waals surface area contributed by atoms with Crippen LogP contribution in [0.15, 0.2) is 72.8 Å². The molecule has 3 aromatic carbocycles. The molecule has 124 valence electrons. The molecule has 0 fully saturated rings. The molecule has 1 aromatic heterocycles. The predicted molar refractivity (Wildman–Crippen MR) is 111 cm³/mol. The zero-order valence-corrected chi connectivity index (χ0v) is 15.6. The molecule has 0 aliphatic rings. The van der Waals surface area contributed by atoms with E-state index in [2.05, 4.69) is 86.6 Å². The number of aryl methyl sites for hydroxylation is 2. The van der Waals surface area contributed by atoms with Gasteiger partial charge in [0.2, 0.25) is 0 Å². The molecule has 1 heterocycles. The van der Waals surface area contributed by atoms with Crippen LogP contribution in [0.3, 0.4) is 0 Å². The van der Waals surface area contributed by atoms with Gasteiger partial charge < -0.3 is 0 Å². The Labute approximate surface area is 153 Å². The minimum absolute atomic E-state index is 1.12. The van der Waals surface area contributed by atoms with Crippen molar-refractivity contribution in [3.63, 3.8) is 0 Å². The smallest absolute Gasteiger partial charge is 0.0389 e. The van der Waals surface area contributed by atoms with Crippen molar-refractivity contribution >= 4 is 21.4 Å². The molecule has 0 aliphatic carbocycles. The van der Waals surface area contributed by atoms with E-state index in [0.29, 0.717) is 0 Å². The zero-order valence-electron chi connectivity index (χ0n) is 14.8. The van der Waals surface area contributed by atoms with Crippen LogP contribution >= 0.6 is 11.3 Å². The SMILES string of the molecule is CCCc1c(-c2ccccc2)cc(-c2ccccc2)c2cc(C)sc12. The maximum Gasteiger partial charge on any atom is 0.0389 e. The second-order valence-corrected chi connectivity index (χ2v) is 7.79. The van der Waals surface area contributed by atoms with Crippen LogP contribution in [0.2, 0.25) is 0 Å². The number of fused-ring (bicyclic) bond motifs is 1. The lowest BCUT2D eigenvalue weighted by atomic mass is 9.90. The fraction of sp³-hybridized carbons (Fsp3) is 0.167. The summed E-state index contributed by atoms with van der Waals surface area (Å²) in [6.45, 7) is 4.49. The summed E-state index contributed by atoms with van der Waals surface area (Å²) in [7, 11) is 0. The maximum atomic E-state index is 2.41. The average molecular weight is 343 g/mol. The number of hydrogen-bond donors (Lipinski definition) is 0. The second-order valence-electron chi connectivity index (χ2n) is 6.53. The van der Waals surface area contributed by atoms with Gasteiger partial charge in [-0.25, -0.2) is 0 Å². The van der Waals surface area contributed by atoms with E-state index in [1.165, 1.54) is 42.8 Å². The zero-order chi connectivity index (χ0) is 17.2. The minimum Gasteiger partial charge on any atom is -0.140 e. The van der Waals surface area contributed by atoms with E-state index in [9.17, 15) is 0 Å². The van der Waals surface area contributed by atoms with E-state index in [0.717, 1.165) is 12.8 Å². The third-order valence-corrected chi connectivity index (χ3v) is 5.81. The fourth-order valence-corrected chi connectivity index (χ4v) is 4.71. The van der Waals surface area contributed by atoms with Crippen molar-refractivity contribution in [1.29, 1.82) is 0 Å². The summed E-state index contributed by atoms with van der Waals surface area (Å²) in [6.07, 6.45) is 2.28. The van der Waals surface area contributed by atoms with Crippen LogP contribution in [-0.4, -0.2) is 0 Å². The summed E-state index contributed by atoms with van der Waals surface area (Å²) in [5.74, 6) is 0. The van der Waals surface area contributed by atoms with Crippen molar-refractivity contribution in [3.8, 4) is 22.3 Å². The molecular weight excluding hydrogens is 320 g/mol. The Morgan fingerprint density at radius 3 is 1.96 bits per heavy atom. The molecule has 0 nitrogen and oxygen atoms in total. The van der Waals surface area contributed by atoms with Gasteiger partial charge in [-0.3, -0.25) is 0 Å². The summed E-state index contributed by atoms with van der Waals surface area (Å²) in [5.41, 5.74) is 6.84. The van der Waals surface area contributed by atoms with Gasteiger partial charge in [-0.15, -0.1) is 11.3 Å². The number of thiophene rings is 1. The van der Waals surface area contributed by atoms with E-state index in [1.54, 1.807) is 0 Å². The molecule has 4 aromatic rings. The van der Waals surface area contributed by atoms with Crippen molar-refractivity contribution in [2.24, 2.45) is 0 Å². The van der Waals surface area contributed by atoms with Gasteiger partial charge in [-0.05, 0) is 53.3 Å². The number of rotatable bonds is 4. The van der Waals surface area contributed by atoms with Crippen LogP contribution in [0.25, 0.3) is 32.3 Å². The first-order valence-electron chi connectivity index (χ1n) is 8.94. The number of hydrogen-bond acceptors (Lipinski definition) is 1. The molecule has 0 radical (unpaired) electrons. The highest BCUT2D eigenvalue weighted by atomic mass is 32.1. The summed E-state index contributed by atoms with van der Waals surface area (Å²) in [6, 6.07) is 26.4. The normalized spacial score (nSPS) is 11.1. The lowest BCUT2D eigenvalue weighted by molar-refractivity contribution is 0.932. The van der Waals surface area contributed by atoms with Crippen LogP contribution in [-0.2, 0) is 6.42 Å². The topological polar surface area (TPSA) is 0 Å². The first kappa shape index (κ1) is 16.1. The fourth-order valence-electron chi connectivity index (χ4n) is 3.60. The molecule has 25 heavy (non-hydrogen) atoms. The average Bonchev–Trinajstić information content (AvgIpc) is 3.05. The first-order chi connectivity index (χ1) is 12.3. The van der Waals surface area contributed by atoms with Crippen LogP contribution < -0.4 is 0 Å². The molecule has 0 spiro atoms. The molecular formula is C24H22S. The Bertz CT molecular complexity index is 995. The Balaban J connectivity index is 2.08. The molecule has 0 amide bonds. The highest BCUT2D eigenvalue weighted by molar-refractivity contribution is 7.19. The summed E-state index contributed by atoms with van der Waals surface area (Å²) in [4.78, 5) is 1.38. The van der Waals surface area contributed by atoms with Crippen LogP contribution in [0.1, 0.15) is 23.8 Å². The third kappa shape index (κ3) is 3.01. The quantitative estimate of drug-likeness (QED) is 0.360. The lowest BCUT2D eigenvalue weighted by Gasteiger charge is -2.15. The Kier molecular flexibility index (Phi) is 4.42.